The van der Waals surface area contributed by atoms with Crippen molar-refractivity contribution >= 4 is 5.91 Å². The average molecular weight is 173 g/mol. The van der Waals surface area contributed by atoms with Crippen LogP contribution in [0.15, 0.2) is 0 Å². The average Bonchev–Trinajstić information content (AvgIpc) is 2.07. The fourth-order valence-corrected chi connectivity index (χ4v) is 1.10. The molecule has 0 saturated carbocycles. The van der Waals surface area contributed by atoms with Gasteiger partial charge in [0.15, 0.2) is 0 Å². The molecule has 0 aromatic rings. The van der Waals surface area contributed by atoms with Crippen LogP contribution < -0.4 is 0 Å². The minimum Gasteiger partial charge on any atom is -0.385 e. The Hall–Kier alpha value is -0.570. The summed E-state index contributed by atoms with van der Waals surface area (Å²) in [4.78, 5) is 13.2. The quantitative estimate of drug-likeness (QED) is 0.566. The molecule has 0 aromatic carbocycles. The third-order valence-electron chi connectivity index (χ3n) is 1.86. The number of carbonyl (C=O) groups excluding carboxylic acids is 1. The maximum Gasteiger partial charge on any atom is 0.222 e. The predicted molar refractivity (Wildman–Crippen MR) is 49.0 cm³/mol. The highest BCUT2D eigenvalue weighted by atomic mass is 16.5. The van der Waals surface area contributed by atoms with Crippen molar-refractivity contribution in [2.24, 2.45) is 0 Å². The highest BCUT2D eigenvalue weighted by molar-refractivity contribution is 5.76. The summed E-state index contributed by atoms with van der Waals surface area (Å²) in [7, 11) is 1.65. The third-order valence-corrected chi connectivity index (χ3v) is 1.86. The molecule has 1 amide bonds. The predicted octanol–water partition coefficient (Wildman–Crippen LogP) is 1.28. The van der Waals surface area contributed by atoms with Crippen molar-refractivity contribution in [3.8, 4) is 0 Å². The van der Waals surface area contributed by atoms with E-state index in [0.717, 1.165) is 19.5 Å². The van der Waals surface area contributed by atoms with Gasteiger partial charge in [-0.25, -0.2) is 0 Å². The van der Waals surface area contributed by atoms with Gasteiger partial charge < -0.3 is 9.64 Å². The lowest BCUT2D eigenvalue weighted by Crippen LogP contribution is -2.30. The Balaban J connectivity index is 3.54. The Morgan fingerprint density at radius 2 is 1.92 bits per heavy atom. The van der Waals surface area contributed by atoms with Crippen LogP contribution in [0.5, 0.6) is 0 Å². The first-order valence-corrected chi connectivity index (χ1v) is 4.52. The van der Waals surface area contributed by atoms with E-state index in [4.69, 9.17) is 4.74 Å². The molecular weight excluding hydrogens is 154 g/mol. The fraction of sp³-hybridized carbons (Fsp3) is 0.889. The second-order valence-corrected chi connectivity index (χ2v) is 2.66. The van der Waals surface area contributed by atoms with Crippen molar-refractivity contribution < 1.29 is 9.53 Å². The lowest BCUT2D eigenvalue weighted by Gasteiger charge is -2.18. The van der Waals surface area contributed by atoms with Gasteiger partial charge in [-0.1, -0.05) is 0 Å². The summed E-state index contributed by atoms with van der Waals surface area (Å²) < 4.78 is 4.87. The van der Waals surface area contributed by atoms with Gasteiger partial charge in [0.25, 0.3) is 0 Å². The van der Waals surface area contributed by atoms with Gasteiger partial charge >= 0.3 is 0 Å². The molecule has 72 valence electrons. The molecule has 0 aliphatic heterocycles. The van der Waals surface area contributed by atoms with Crippen molar-refractivity contribution in [1.82, 2.24) is 4.90 Å². The summed E-state index contributed by atoms with van der Waals surface area (Å²) in [6.07, 6.45) is 1.43. The van der Waals surface area contributed by atoms with E-state index in [9.17, 15) is 4.79 Å². The summed E-state index contributed by atoms with van der Waals surface area (Å²) in [5.74, 6) is 0.233. The van der Waals surface area contributed by atoms with Crippen molar-refractivity contribution in [2.45, 2.75) is 26.7 Å². The van der Waals surface area contributed by atoms with E-state index < -0.39 is 0 Å². The molecule has 0 aromatic heterocycles. The van der Waals surface area contributed by atoms with Gasteiger partial charge in [0.05, 0.1) is 0 Å². The van der Waals surface area contributed by atoms with Crippen LogP contribution in [-0.2, 0) is 9.53 Å². The molecule has 3 heteroatoms. The van der Waals surface area contributed by atoms with Gasteiger partial charge in [-0.05, 0) is 20.3 Å². The molecule has 0 aliphatic rings. The molecule has 0 aliphatic carbocycles. The molecule has 0 atom stereocenters. The van der Waals surface area contributed by atoms with Crippen LogP contribution >= 0.6 is 0 Å². The Morgan fingerprint density at radius 1 is 1.33 bits per heavy atom. The van der Waals surface area contributed by atoms with Crippen LogP contribution in [0, 0.1) is 0 Å². The number of ether oxygens (including phenoxy) is 1. The van der Waals surface area contributed by atoms with Crippen molar-refractivity contribution in [3.05, 3.63) is 0 Å². The van der Waals surface area contributed by atoms with E-state index in [-0.39, 0.29) is 5.91 Å². The molecule has 0 heterocycles. The molecule has 3 nitrogen and oxygen atoms in total. The van der Waals surface area contributed by atoms with Gasteiger partial charge in [-0.3, -0.25) is 4.79 Å². The van der Waals surface area contributed by atoms with E-state index in [2.05, 4.69) is 0 Å². The zero-order chi connectivity index (χ0) is 9.40. The molecule has 0 N–H and O–H groups in total. The van der Waals surface area contributed by atoms with Gasteiger partial charge in [-0.2, -0.15) is 0 Å². The molecule has 0 bridgehead atoms. The number of amides is 1. The number of carbonyl (C=O) groups is 1. The van der Waals surface area contributed by atoms with E-state index in [1.165, 1.54) is 0 Å². The molecule has 0 unspecified atom stereocenters. The monoisotopic (exact) mass is 173 g/mol. The lowest BCUT2D eigenvalue weighted by atomic mass is 10.3. The highest BCUT2D eigenvalue weighted by Gasteiger charge is 2.07. The van der Waals surface area contributed by atoms with Crippen molar-refractivity contribution in [1.29, 1.82) is 0 Å². The zero-order valence-electron chi connectivity index (χ0n) is 8.30. The van der Waals surface area contributed by atoms with Crippen LogP contribution in [0.3, 0.4) is 0 Å². The van der Waals surface area contributed by atoms with Gasteiger partial charge in [0.2, 0.25) is 5.91 Å². The van der Waals surface area contributed by atoms with Crippen molar-refractivity contribution in [2.75, 3.05) is 26.8 Å². The first-order chi connectivity index (χ1) is 5.76. The molecule has 0 fully saturated rings. The van der Waals surface area contributed by atoms with E-state index in [1.807, 2.05) is 18.7 Å². The van der Waals surface area contributed by atoms with Crippen LogP contribution in [-0.4, -0.2) is 37.6 Å². The minimum absolute atomic E-state index is 0.233. The zero-order valence-corrected chi connectivity index (χ0v) is 8.30. The van der Waals surface area contributed by atoms with Crippen LogP contribution in [0.2, 0.25) is 0 Å². The second kappa shape index (κ2) is 7.10. The summed E-state index contributed by atoms with van der Waals surface area (Å²) in [6, 6.07) is 0. The maximum absolute atomic E-state index is 11.4. The lowest BCUT2D eigenvalue weighted by molar-refractivity contribution is -0.131. The van der Waals surface area contributed by atoms with Gasteiger partial charge in [-0.15, -0.1) is 0 Å². The largest absolute Gasteiger partial charge is 0.385 e. The Bertz CT molecular complexity index is 122. The molecule has 0 rings (SSSR count). The van der Waals surface area contributed by atoms with Crippen molar-refractivity contribution in [3.63, 3.8) is 0 Å². The van der Waals surface area contributed by atoms with Gasteiger partial charge in [0.1, 0.15) is 0 Å². The Labute approximate surface area is 74.7 Å². The highest BCUT2D eigenvalue weighted by Crippen LogP contribution is 1.97. The normalized spacial score (nSPS) is 9.92. The molecule has 12 heavy (non-hydrogen) atoms. The van der Waals surface area contributed by atoms with Gasteiger partial charge in [0, 0.05) is 33.2 Å². The maximum atomic E-state index is 11.4. The summed E-state index contributed by atoms with van der Waals surface area (Å²) in [6.45, 7) is 6.28. The number of rotatable bonds is 6. The van der Waals surface area contributed by atoms with Crippen LogP contribution in [0.1, 0.15) is 26.7 Å². The van der Waals surface area contributed by atoms with E-state index >= 15 is 0 Å². The number of nitrogens with zero attached hydrogens (tertiary/aromatic N) is 1. The Morgan fingerprint density at radius 3 is 2.33 bits per heavy atom. The SMILES string of the molecule is CCN(CC)C(=O)CCCOC. The minimum atomic E-state index is 0.233. The standard InChI is InChI=1S/C9H19NO2/c1-4-10(5-2)9(11)7-6-8-12-3/h4-8H2,1-3H3. The molecule has 0 radical (unpaired) electrons. The summed E-state index contributed by atoms with van der Waals surface area (Å²) in [5.41, 5.74) is 0. The summed E-state index contributed by atoms with van der Waals surface area (Å²) in [5, 5.41) is 0. The summed E-state index contributed by atoms with van der Waals surface area (Å²) >= 11 is 0. The Kier molecular flexibility index (Phi) is 6.76. The second-order valence-electron chi connectivity index (χ2n) is 2.66. The van der Waals surface area contributed by atoms with E-state index in [0.29, 0.717) is 13.0 Å². The number of hydrogen-bond acceptors (Lipinski definition) is 2. The molecule has 0 saturated heterocycles. The topological polar surface area (TPSA) is 29.5 Å². The smallest absolute Gasteiger partial charge is 0.222 e. The fourth-order valence-electron chi connectivity index (χ4n) is 1.10. The van der Waals surface area contributed by atoms with Crippen LogP contribution in [0.25, 0.3) is 0 Å². The van der Waals surface area contributed by atoms with E-state index in [1.54, 1.807) is 7.11 Å². The third kappa shape index (κ3) is 4.34. The molecule has 0 spiro atoms. The molecular formula is C9H19NO2. The number of methoxy groups -OCH3 is 1. The first-order valence-electron chi connectivity index (χ1n) is 4.52. The first kappa shape index (κ1) is 11.4. The number of hydrogen-bond donors (Lipinski definition) is 0. The van der Waals surface area contributed by atoms with Crippen LogP contribution in [0.4, 0.5) is 0 Å².